The van der Waals surface area contributed by atoms with Gasteiger partial charge >= 0.3 is 0 Å². The van der Waals surface area contributed by atoms with Gasteiger partial charge in [-0.25, -0.2) is 8.78 Å². The second kappa shape index (κ2) is 10.3. The van der Waals surface area contributed by atoms with Gasteiger partial charge < -0.3 is 15.2 Å². The highest BCUT2D eigenvalue weighted by Crippen LogP contribution is 2.31. The number of fused-ring (bicyclic) bond motifs is 1. The van der Waals surface area contributed by atoms with Gasteiger partial charge in [-0.3, -0.25) is 9.59 Å². The Morgan fingerprint density at radius 3 is 2.44 bits per heavy atom. The van der Waals surface area contributed by atoms with Crippen LogP contribution in [0, 0.1) is 17.6 Å². The van der Waals surface area contributed by atoms with Crippen LogP contribution in [0.2, 0.25) is 0 Å². The average Bonchev–Trinajstić information content (AvgIpc) is 3.33. The van der Waals surface area contributed by atoms with E-state index in [-0.39, 0.29) is 23.3 Å². The topological polar surface area (TPSA) is 65.2 Å². The van der Waals surface area contributed by atoms with E-state index >= 15 is 0 Å². The maximum Gasteiger partial charge on any atom is 0.256 e. The van der Waals surface area contributed by atoms with E-state index in [4.69, 9.17) is 0 Å². The number of para-hydroxylation sites is 1. The van der Waals surface area contributed by atoms with Gasteiger partial charge in [-0.1, -0.05) is 48.5 Å². The number of rotatable bonds is 6. The number of amides is 2. The van der Waals surface area contributed by atoms with Crippen LogP contribution >= 0.6 is 0 Å². The number of carbonyl (C=O) groups excluding carboxylic acids is 2. The highest BCUT2D eigenvalue weighted by Gasteiger charge is 2.29. The number of aromatic amines is 1. The molecule has 1 aliphatic rings. The zero-order valence-electron chi connectivity index (χ0n) is 19.7. The smallest absolute Gasteiger partial charge is 0.256 e. The highest BCUT2D eigenvalue weighted by molar-refractivity contribution is 5.94. The number of halogens is 2. The van der Waals surface area contributed by atoms with Gasteiger partial charge in [-0.2, -0.15) is 0 Å². The van der Waals surface area contributed by atoms with Crippen LogP contribution in [0.15, 0.2) is 79.0 Å². The van der Waals surface area contributed by atoms with Crippen molar-refractivity contribution in [2.45, 2.75) is 18.8 Å². The molecule has 0 bridgehead atoms. The summed E-state index contributed by atoms with van der Waals surface area (Å²) in [5, 5.41) is 4.26. The van der Waals surface area contributed by atoms with Crippen molar-refractivity contribution in [2.75, 3.05) is 19.6 Å². The number of carbonyl (C=O) groups is 2. The molecule has 1 atom stereocenters. The molecule has 1 saturated heterocycles. The fourth-order valence-corrected chi connectivity index (χ4v) is 5.00. The Morgan fingerprint density at radius 1 is 0.972 bits per heavy atom. The standard InChI is InChI=1S/C29H27F2N3O2/c30-21-10-11-23(26(31)16-21)29(36)34-14-12-20(13-15-34)28(35)33-17-24(19-6-2-1-3-7-19)25-18-32-27-9-5-4-8-22(25)27/h1-11,16,18,20,24,32H,12-15,17H2,(H,33,35). The summed E-state index contributed by atoms with van der Waals surface area (Å²) in [6, 6.07) is 21.2. The molecule has 2 amide bonds. The summed E-state index contributed by atoms with van der Waals surface area (Å²) in [6.45, 7) is 1.14. The highest BCUT2D eigenvalue weighted by atomic mass is 19.1. The molecule has 7 heteroatoms. The molecular weight excluding hydrogens is 460 g/mol. The second-order valence-electron chi connectivity index (χ2n) is 9.19. The average molecular weight is 488 g/mol. The van der Waals surface area contributed by atoms with Gasteiger partial charge in [0, 0.05) is 54.6 Å². The lowest BCUT2D eigenvalue weighted by atomic mass is 9.90. The molecular formula is C29H27F2N3O2. The lowest BCUT2D eigenvalue weighted by Crippen LogP contribution is -2.43. The molecule has 2 heterocycles. The Balaban J connectivity index is 1.24. The third-order valence-electron chi connectivity index (χ3n) is 6.99. The zero-order chi connectivity index (χ0) is 25.1. The van der Waals surface area contributed by atoms with E-state index in [0.717, 1.165) is 28.1 Å². The van der Waals surface area contributed by atoms with Crippen LogP contribution in [-0.4, -0.2) is 41.3 Å². The van der Waals surface area contributed by atoms with Crippen LogP contribution in [0.3, 0.4) is 0 Å². The van der Waals surface area contributed by atoms with Gasteiger partial charge in [-0.15, -0.1) is 0 Å². The Morgan fingerprint density at radius 2 is 1.69 bits per heavy atom. The largest absolute Gasteiger partial charge is 0.361 e. The van der Waals surface area contributed by atoms with E-state index < -0.39 is 17.5 Å². The van der Waals surface area contributed by atoms with Crippen molar-refractivity contribution in [3.8, 4) is 0 Å². The molecule has 1 fully saturated rings. The van der Waals surface area contributed by atoms with Crippen LogP contribution in [0.4, 0.5) is 8.78 Å². The van der Waals surface area contributed by atoms with Gasteiger partial charge in [0.05, 0.1) is 5.56 Å². The van der Waals surface area contributed by atoms with E-state index in [0.29, 0.717) is 38.5 Å². The van der Waals surface area contributed by atoms with E-state index in [1.54, 1.807) is 0 Å². The Hall–Kier alpha value is -4.00. The minimum atomic E-state index is -0.871. The van der Waals surface area contributed by atoms with Crippen molar-refractivity contribution < 1.29 is 18.4 Å². The lowest BCUT2D eigenvalue weighted by Gasteiger charge is -2.32. The fourth-order valence-electron chi connectivity index (χ4n) is 5.00. The zero-order valence-corrected chi connectivity index (χ0v) is 19.7. The number of benzene rings is 3. The normalized spacial score (nSPS) is 15.1. The van der Waals surface area contributed by atoms with Gasteiger partial charge in [0.15, 0.2) is 0 Å². The first kappa shape index (κ1) is 23.7. The molecule has 4 aromatic rings. The van der Waals surface area contributed by atoms with Gasteiger partial charge in [-0.05, 0) is 42.2 Å². The number of likely N-dealkylation sites (tertiary alicyclic amines) is 1. The van der Waals surface area contributed by atoms with Gasteiger partial charge in [0.25, 0.3) is 5.91 Å². The van der Waals surface area contributed by atoms with Crippen molar-refractivity contribution >= 4 is 22.7 Å². The van der Waals surface area contributed by atoms with Gasteiger partial charge in [0.2, 0.25) is 5.91 Å². The third-order valence-corrected chi connectivity index (χ3v) is 6.99. The van der Waals surface area contributed by atoms with Crippen LogP contribution in [0.5, 0.6) is 0 Å². The lowest BCUT2D eigenvalue weighted by molar-refractivity contribution is -0.126. The predicted molar refractivity (Wildman–Crippen MR) is 135 cm³/mol. The summed E-state index contributed by atoms with van der Waals surface area (Å²) in [6.07, 6.45) is 2.99. The summed E-state index contributed by atoms with van der Waals surface area (Å²) in [5.74, 6) is -2.36. The number of nitrogens with zero attached hydrogens (tertiary/aromatic N) is 1. The predicted octanol–water partition coefficient (Wildman–Crippen LogP) is 5.25. The number of nitrogens with one attached hydrogen (secondary N) is 2. The van der Waals surface area contributed by atoms with E-state index in [9.17, 15) is 18.4 Å². The van der Waals surface area contributed by atoms with Crippen molar-refractivity contribution in [3.63, 3.8) is 0 Å². The molecule has 1 unspecified atom stereocenters. The summed E-state index contributed by atoms with van der Waals surface area (Å²) in [5.41, 5.74) is 3.14. The SMILES string of the molecule is O=C(NCC(c1ccccc1)c1c[nH]c2ccccc12)C1CCN(C(=O)c2ccc(F)cc2F)CC1. The van der Waals surface area contributed by atoms with E-state index in [1.807, 2.05) is 42.6 Å². The van der Waals surface area contributed by atoms with Crippen molar-refractivity contribution in [3.05, 3.63) is 107 Å². The van der Waals surface area contributed by atoms with E-state index in [1.165, 1.54) is 11.0 Å². The molecule has 1 aromatic heterocycles. The number of H-pyrrole nitrogens is 1. The minimum absolute atomic E-state index is 0.0191. The molecule has 0 saturated carbocycles. The Labute approximate surface area is 208 Å². The maximum atomic E-state index is 14.0. The Kier molecular flexibility index (Phi) is 6.80. The first-order valence-corrected chi connectivity index (χ1v) is 12.1. The minimum Gasteiger partial charge on any atom is -0.361 e. The molecule has 2 N–H and O–H groups in total. The summed E-state index contributed by atoms with van der Waals surface area (Å²) in [4.78, 5) is 30.6. The molecule has 5 rings (SSSR count). The first-order valence-electron chi connectivity index (χ1n) is 12.1. The molecule has 1 aliphatic heterocycles. The number of hydrogen-bond acceptors (Lipinski definition) is 2. The second-order valence-corrected chi connectivity index (χ2v) is 9.19. The number of hydrogen-bond donors (Lipinski definition) is 2. The number of aromatic nitrogens is 1. The molecule has 0 spiro atoms. The van der Waals surface area contributed by atoms with Crippen LogP contribution in [-0.2, 0) is 4.79 Å². The van der Waals surface area contributed by atoms with Crippen LogP contribution in [0.25, 0.3) is 10.9 Å². The molecule has 5 nitrogen and oxygen atoms in total. The first-order chi connectivity index (χ1) is 17.5. The van der Waals surface area contributed by atoms with Crippen molar-refractivity contribution in [1.82, 2.24) is 15.2 Å². The van der Waals surface area contributed by atoms with Crippen LogP contribution in [0.1, 0.15) is 40.2 Å². The molecule has 36 heavy (non-hydrogen) atoms. The summed E-state index contributed by atoms with van der Waals surface area (Å²) in [7, 11) is 0. The van der Waals surface area contributed by atoms with Crippen molar-refractivity contribution in [2.24, 2.45) is 5.92 Å². The van der Waals surface area contributed by atoms with Crippen LogP contribution < -0.4 is 5.32 Å². The fraction of sp³-hybridized carbons (Fsp3) is 0.241. The molecule has 0 radical (unpaired) electrons. The molecule has 3 aromatic carbocycles. The summed E-state index contributed by atoms with van der Waals surface area (Å²) >= 11 is 0. The van der Waals surface area contributed by atoms with Crippen molar-refractivity contribution in [1.29, 1.82) is 0 Å². The monoisotopic (exact) mass is 487 g/mol. The molecule has 0 aliphatic carbocycles. The molecule has 184 valence electrons. The quantitative estimate of drug-likeness (QED) is 0.390. The maximum absolute atomic E-state index is 14.0. The van der Waals surface area contributed by atoms with E-state index in [2.05, 4.69) is 28.5 Å². The third kappa shape index (κ3) is 4.87. The summed E-state index contributed by atoms with van der Waals surface area (Å²) < 4.78 is 27.2. The number of piperidine rings is 1. The Bertz CT molecular complexity index is 1380. The van der Waals surface area contributed by atoms with Gasteiger partial charge in [0.1, 0.15) is 11.6 Å².